The third-order valence-electron chi connectivity index (χ3n) is 5.04. The van der Waals surface area contributed by atoms with Gasteiger partial charge in [0.1, 0.15) is 0 Å². The van der Waals surface area contributed by atoms with Crippen molar-refractivity contribution in [1.82, 2.24) is 15.2 Å². The van der Waals surface area contributed by atoms with Crippen LogP contribution in [-0.2, 0) is 22.6 Å². The summed E-state index contributed by atoms with van der Waals surface area (Å²) in [6, 6.07) is 6.02. The topological polar surface area (TPSA) is 62.3 Å². The van der Waals surface area contributed by atoms with Crippen molar-refractivity contribution in [2.45, 2.75) is 31.7 Å². The second-order valence-electron chi connectivity index (χ2n) is 6.71. The molecule has 0 spiro atoms. The Morgan fingerprint density at radius 3 is 3.12 bits per heavy atom. The van der Waals surface area contributed by atoms with Crippen LogP contribution >= 0.6 is 11.3 Å². The lowest BCUT2D eigenvalue weighted by molar-refractivity contribution is -0.132. The highest BCUT2D eigenvalue weighted by Crippen LogP contribution is 2.47. The molecule has 0 bridgehead atoms. The van der Waals surface area contributed by atoms with E-state index in [1.807, 2.05) is 23.2 Å². The molecule has 0 saturated heterocycles. The predicted molar refractivity (Wildman–Crippen MR) is 96.2 cm³/mol. The van der Waals surface area contributed by atoms with Gasteiger partial charge in [0.05, 0.1) is 0 Å². The molecule has 2 aliphatic rings. The summed E-state index contributed by atoms with van der Waals surface area (Å²) in [5.74, 6) is 0.489. The number of thiophene rings is 1. The highest BCUT2D eigenvalue weighted by atomic mass is 32.1. The highest BCUT2D eigenvalue weighted by Gasteiger charge is 2.43. The van der Waals surface area contributed by atoms with Crippen molar-refractivity contribution in [1.29, 1.82) is 0 Å². The van der Waals surface area contributed by atoms with E-state index in [2.05, 4.69) is 21.7 Å². The van der Waals surface area contributed by atoms with E-state index in [9.17, 15) is 9.59 Å². The van der Waals surface area contributed by atoms with E-state index < -0.39 is 0 Å². The van der Waals surface area contributed by atoms with Gasteiger partial charge in [0.25, 0.3) is 0 Å². The molecule has 2 aromatic rings. The Kier molecular flexibility index (Phi) is 4.53. The maximum atomic E-state index is 12.4. The molecule has 6 heteroatoms. The van der Waals surface area contributed by atoms with Crippen LogP contribution in [-0.4, -0.2) is 34.8 Å². The zero-order valence-electron chi connectivity index (χ0n) is 14.0. The van der Waals surface area contributed by atoms with Gasteiger partial charge in [0.2, 0.25) is 11.8 Å². The Morgan fingerprint density at radius 1 is 1.36 bits per heavy atom. The fourth-order valence-electron chi connectivity index (χ4n) is 3.49. The molecule has 0 aromatic carbocycles. The van der Waals surface area contributed by atoms with Crippen molar-refractivity contribution >= 4 is 23.2 Å². The minimum absolute atomic E-state index is 0.0302. The Hall–Kier alpha value is -2.21. The fourth-order valence-corrected chi connectivity index (χ4v) is 4.38. The van der Waals surface area contributed by atoms with E-state index in [4.69, 9.17) is 0 Å². The van der Waals surface area contributed by atoms with Gasteiger partial charge < -0.3 is 10.2 Å². The van der Waals surface area contributed by atoms with E-state index in [0.717, 1.165) is 24.9 Å². The van der Waals surface area contributed by atoms with Crippen molar-refractivity contribution in [3.63, 3.8) is 0 Å². The first kappa shape index (κ1) is 16.3. The molecular weight excluding hydrogens is 334 g/mol. The first-order valence-corrected chi connectivity index (χ1v) is 9.61. The van der Waals surface area contributed by atoms with Crippen molar-refractivity contribution in [2.75, 3.05) is 13.1 Å². The van der Waals surface area contributed by atoms with Gasteiger partial charge in [0, 0.05) is 49.2 Å². The normalized spacial score (nSPS) is 21.5. The number of nitrogens with zero attached hydrogens (tertiary/aromatic N) is 2. The van der Waals surface area contributed by atoms with E-state index in [0.29, 0.717) is 19.5 Å². The summed E-state index contributed by atoms with van der Waals surface area (Å²) in [7, 11) is 0. The highest BCUT2D eigenvalue weighted by molar-refractivity contribution is 7.10. The number of carbonyl (C=O) groups is 2. The lowest BCUT2D eigenvalue weighted by Crippen LogP contribution is -2.37. The second kappa shape index (κ2) is 6.96. The van der Waals surface area contributed by atoms with Crippen LogP contribution in [0.4, 0.5) is 0 Å². The van der Waals surface area contributed by atoms with E-state index in [1.54, 1.807) is 17.5 Å². The number of aromatic nitrogens is 1. The molecule has 3 heterocycles. The SMILES string of the molecule is O=C(NCCC(=O)N1CCc2sccc2C1)[C@@H]1C[C@H]1c1cccnc1. The van der Waals surface area contributed by atoms with Crippen LogP contribution in [0.3, 0.4) is 0 Å². The van der Waals surface area contributed by atoms with Crippen molar-refractivity contribution in [3.05, 3.63) is 52.0 Å². The first-order valence-electron chi connectivity index (χ1n) is 8.73. The lowest BCUT2D eigenvalue weighted by Gasteiger charge is -2.27. The monoisotopic (exact) mass is 355 g/mol. The average Bonchev–Trinajstić information content (AvgIpc) is 3.31. The number of nitrogens with one attached hydrogen (secondary N) is 1. The van der Waals surface area contributed by atoms with Gasteiger partial charge in [0.15, 0.2) is 0 Å². The molecule has 1 saturated carbocycles. The number of rotatable bonds is 5. The van der Waals surface area contributed by atoms with Crippen molar-refractivity contribution < 1.29 is 9.59 Å². The van der Waals surface area contributed by atoms with Gasteiger partial charge in [-0.3, -0.25) is 14.6 Å². The predicted octanol–water partition coefficient (Wildman–Crippen LogP) is 2.34. The van der Waals surface area contributed by atoms with Gasteiger partial charge in [-0.05, 0) is 47.4 Å². The summed E-state index contributed by atoms with van der Waals surface area (Å²) in [6.07, 6.45) is 5.76. The van der Waals surface area contributed by atoms with Gasteiger partial charge in [-0.25, -0.2) is 0 Å². The van der Waals surface area contributed by atoms with Gasteiger partial charge in [-0.15, -0.1) is 11.3 Å². The molecule has 2 atom stereocenters. The van der Waals surface area contributed by atoms with E-state index in [1.165, 1.54) is 10.4 Å². The summed E-state index contributed by atoms with van der Waals surface area (Å²) < 4.78 is 0. The van der Waals surface area contributed by atoms with Crippen LogP contribution in [0.15, 0.2) is 36.0 Å². The number of fused-ring (bicyclic) bond motifs is 1. The third-order valence-corrected chi connectivity index (χ3v) is 6.06. The standard InChI is InChI=1S/C19H21N3O2S/c23-18(22-8-4-17-14(12-22)5-9-25-17)3-7-21-19(24)16-10-15(16)13-2-1-6-20-11-13/h1-2,5-6,9,11,15-16H,3-4,7-8,10,12H2,(H,21,24)/t15-,16+/m0/s1. The zero-order chi connectivity index (χ0) is 17.2. The quantitative estimate of drug-likeness (QED) is 0.895. The summed E-state index contributed by atoms with van der Waals surface area (Å²) in [6.45, 7) is 1.91. The molecule has 1 fully saturated rings. The molecule has 0 radical (unpaired) electrons. The Balaban J connectivity index is 1.21. The minimum atomic E-state index is 0.0302. The zero-order valence-corrected chi connectivity index (χ0v) is 14.8. The molecule has 0 unspecified atom stereocenters. The van der Waals surface area contributed by atoms with Gasteiger partial charge in [-0.2, -0.15) is 0 Å². The summed E-state index contributed by atoms with van der Waals surface area (Å²) in [4.78, 5) is 32.0. The van der Waals surface area contributed by atoms with E-state index >= 15 is 0 Å². The number of hydrogen-bond acceptors (Lipinski definition) is 4. The molecule has 2 aromatic heterocycles. The molecule has 1 aliphatic heterocycles. The van der Waals surface area contributed by atoms with Crippen LogP contribution < -0.4 is 5.32 Å². The molecular formula is C19H21N3O2S. The molecule has 2 amide bonds. The molecule has 1 N–H and O–H groups in total. The van der Waals surface area contributed by atoms with Crippen LogP contribution in [0.1, 0.15) is 34.8 Å². The maximum Gasteiger partial charge on any atom is 0.224 e. The minimum Gasteiger partial charge on any atom is -0.355 e. The van der Waals surface area contributed by atoms with Gasteiger partial charge >= 0.3 is 0 Å². The smallest absolute Gasteiger partial charge is 0.224 e. The number of amides is 2. The Morgan fingerprint density at radius 2 is 2.28 bits per heavy atom. The molecule has 1 aliphatic carbocycles. The van der Waals surface area contributed by atoms with Crippen molar-refractivity contribution in [2.24, 2.45) is 5.92 Å². The summed E-state index contributed by atoms with van der Waals surface area (Å²) in [5, 5.41) is 5.01. The van der Waals surface area contributed by atoms with E-state index in [-0.39, 0.29) is 23.7 Å². The van der Waals surface area contributed by atoms with Crippen LogP contribution in [0.2, 0.25) is 0 Å². The maximum absolute atomic E-state index is 12.4. The molecule has 5 nitrogen and oxygen atoms in total. The first-order chi connectivity index (χ1) is 12.2. The van der Waals surface area contributed by atoms with Crippen LogP contribution in [0.5, 0.6) is 0 Å². The fraction of sp³-hybridized carbons (Fsp3) is 0.421. The number of pyridine rings is 1. The molecule has 4 rings (SSSR count). The van der Waals surface area contributed by atoms with Gasteiger partial charge in [-0.1, -0.05) is 6.07 Å². The summed E-state index contributed by atoms with van der Waals surface area (Å²) >= 11 is 1.77. The largest absolute Gasteiger partial charge is 0.355 e. The third kappa shape index (κ3) is 3.58. The second-order valence-corrected chi connectivity index (χ2v) is 7.71. The Labute approximate surface area is 151 Å². The molecule has 130 valence electrons. The lowest BCUT2D eigenvalue weighted by atomic mass is 10.1. The van der Waals surface area contributed by atoms with Crippen LogP contribution in [0.25, 0.3) is 0 Å². The van der Waals surface area contributed by atoms with Crippen LogP contribution in [0, 0.1) is 5.92 Å². The number of carbonyl (C=O) groups excluding carboxylic acids is 2. The van der Waals surface area contributed by atoms with Crippen molar-refractivity contribution in [3.8, 4) is 0 Å². The Bertz CT molecular complexity index is 774. The molecule has 25 heavy (non-hydrogen) atoms. The number of hydrogen-bond donors (Lipinski definition) is 1. The average molecular weight is 355 g/mol. The summed E-state index contributed by atoms with van der Waals surface area (Å²) in [5.41, 5.74) is 2.39.